The molecule has 0 saturated heterocycles. The number of nitrogens with one attached hydrogen (secondary N) is 1. The average molecular weight is 196 g/mol. The number of nitrogens with zero attached hydrogens (tertiary/aromatic N) is 1. The van der Waals surface area contributed by atoms with Crippen molar-refractivity contribution in [2.24, 2.45) is 0 Å². The van der Waals surface area contributed by atoms with Gasteiger partial charge in [-0.05, 0) is 31.6 Å². The maximum Gasteiger partial charge on any atom is 0.190 e. The minimum atomic E-state index is 0.789. The van der Waals surface area contributed by atoms with E-state index in [2.05, 4.69) is 23.7 Å². The van der Waals surface area contributed by atoms with E-state index in [0.717, 1.165) is 38.5 Å². The van der Waals surface area contributed by atoms with Crippen molar-refractivity contribution in [1.82, 2.24) is 9.88 Å². The molecule has 1 rings (SSSR count). The maximum absolute atomic E-state index is 5.50. The van der Waals surface area contributed by atoms with Crippen molar-refractivity contribution in [3.8, 4) is 5.88 Å². The molecule has 0 aliphatic rings. The third-order valence-electron chi connectivity index (χ3n) is 2.34. The highest BCUT2D eigenvalue weighted by atomic mass is 16.5. The molecular formula is C11H20N2O. The fourth-order valence-corrected chi connectivity index (χ4v) is 1.41. The maximum atomic E-state index is 5.50. The van der Waals surface area contributed by atoms with Gasteiger partial charge >= 0.3 is 0 Å². The monoisotopic (exact) mass is 196 g/mol. The van der Waals surface area contributed by atoms with Gasteiger partial charge in [0.05, 0.1) is 6.61 Å². The van der Waals surface area contributed by atoms with Gasteiger partial charge < -0.3 is 14.6 Å². The van der Waals surface area contributed by atoms with Crippen molar-refractivity contribution in [2.75, 3.05) is 26.2 Å². The van der Waals surface area contributed by atoms with Gasteiger partial charge in [0.25, 0.3) is 0 Å². The SMILES string of the molecule is CCN(CC)CCCOc1ccc[nH]1. The topological polar surface area (TPSA) is 28.3 Å². The van der Waals surface area contributed by atoms with Crippen LogP contribution < -0.4 is 4.74 Å². The Balaban J connectivity index is 2.04. The Labute approximate surface area is 86.1 Å². The fourth-order valence-electron chi connectivity index (χ4n) is 1.41. The zero-order valence-electron chi connectivity index (χ0n) is 9.12. The van der Waals surface area contributed by atoms with E-state index in [1.165, 1.54) is 0 Å². The van der Waals surface area contributed by atoms with E-state index >= 15 is 0 Å². The van der Waals surface area contributed by atoms with Gasteiger partial charge in [-0.3, -0.25) is 0 Å². The van der Waals surface area contributed by atoms with Crippen molar-refractivity contribution in [1.29, 1.82) is 0 Å². The minimum Gasteiger partial charge on any atom is -0.479 e. The van der Waals surface area contributed by atoms with Crippen LogP contribution in [-0.2, 0) is 0 Å². The Morgan fingerprint density at radius 1 is 1.36 bits per heavy atom. The van der Waals surface area contributed by atoms with Gasteiger partial charge in [0.2, 0.25) is 0 Å². The molecule has 0 aromatic carbocycles. The predicted molar refractivity (Wildman–Crippen MR) is 58.7 cm³/mol. The summed E-state index contributed by atoms with van der Waals surface area (Å²) in [6.45, 7) is 8.54. The molecule has 1 N–H and O–H groups in total. The Hall–Kier alpha value is -0.960. The Bertz CT molecular complexity index is 217. The lowest BCUT2D eigenvalue weighted by Crippen LogP contribution is -2.25. The minimum absolute atomic E-state index is 0.789. The highest BCUT2D eigenvalue weighted by Gasteiger charge is 1.98. The smallest absolute Gasteiger partial charge is 0.190 e. The number of aromatic nitrogens is 1. The van der Waals surface area contributed by atoms with E-state index in [1.54, 1.807) is 0 Å². The van der Waals surface area contributed by atoms with Gasteiger partial charge in [-0.2, -0.15) is 0 Å². The first kappa shape index (κ1) is 11.1. The fraction of sp³-hybridized carbons (Fsp3) is 0.636. The molecule has 0 unspecified atom stereocenters. The molecule has 0 amide bonds. The number of H-pyrrole nitrogens is 1. The number of rotatable bonds is 7. The molecule has 1 heterocycles. The second-order valence-corrected chi connectivity index (χ2v) is 3.26. The molecule has 0 fully saturated rings. The first-order valence-electron chi connectivity index (χ1n) is 5.35. The summed E-state index contributed by atoms with van der Waals surface area (Å²) in [5.74, 6) is 0.865. The molecule has 3 nitrogen and oxygen atoms in total. The molecule has 1 aromatic rings. The number of hydrogen-bond donors (Lipinski definition) is 1. The highest BCUT2D eigenvalue weighted by Crippen LogP contribution is 2.04. The van der Waals surface area contributed by atoms with Gasteiger partial charge in [-0.25, -0.2) is 0 Å². The van der Waals surface area contributed by atoms with Crippen LogP contribution in [-0.4, -0.2) is 36.1 Å². The van der Waals surface area contributed by atoms with E-state index in [0.29, 0.717) is 0 Å². The lowest BCUT2D eigenvalue weighted by Gasteiger charge is -2.17. The Morgan fingerprint density at radius 2 is 2.14 bits per heavy atom. The molecule has 3 heteroatoms. The Morgan fingerprint density at radius 3 is 2.71 bits per heavy atom. The van der Waals surface area contributed by atoms with Crippen LogP contribution in [0.4, 0.5) is 0 Å². The van der Waals surface area contributed by atoms with Crippen molar-refractivity contribution < 1.29 is 4.74 Å². The van der Waals surface area contributed by atoms with Crippen molar-refractivity contribution in [3.63, 3.8) is 0 Å². The molecular weight excluding hydrogens is 176 g/mol. The summed E-state index contributed by atoms with van der Waals surface area (Å²) < 4.78 is 5.50. The van der Waals surface area contributed by atoms with Crippen LogP contribution in [0.2, 0.25) is 0 Å². The Kier molecular flexibility index (Phi) is 5.15. The van der Waals surface area contributed by atoms with Gasteiger partial charge in [0, 0.05) is 12.7 Å². The lowest BCUT2D eigenvalue weighted by atomic mass is 10.4. The summed E-state index contributed by atoms with van der Waals surface area (Å²) in [5.41, 5.74) is 0. The molecule has 0 bridgehead atoms. The first-order valence-corrected chi connectivity index (χ1v) is 5.35. The van der Waals surface area contributed by atoms with Crippen LogP contribution in [0, 0.1) is 0 Å². The zero-order chi connectivity index (χ0) is 10.2. The molecule has 80 valence electrons. The molecule has 0 atom stereocenters. The van der Waals surface area contributed by atoms with E-state index in [1.807, 2.05) is 18.3 Å². The quantitative estimate of drug-likeness (QED) is 0.677. The van der Waals surface area contributed by atoms with Crippen LogP contribution in [0.25, 0.3) is 0 Å². The summed E-state index contributed by atoms with van der Waals surface area (Å²) in [7, 11) is 0. The lowest BCUT2D eigenvalue weighted by molar-refractivity contribution is 0.245. The number of aromatic amines is 1. The second-order valence-electron chi connectivity index (χ2n) is 3.26. The molecule has 0 saturated carbocycles. The molecule has 0 spiro atoms. The predicted octanol–water partition coefficient (Wildman–Crippen LogP) is 2.13. The van der Waals surface area contributed by atoms with Crippen molar-refractivity contribution in [2.45, 2.75) is 20.3 Å². The van der Waals surface area contributed by atoms with Gasteiger partial charge in [-0.1, -0.05) is 13.8 Å². The van der Waals surface area contributed by atoms with Crippen LogP contribution in [0.15, 0.2) is 18.3 Å². The van der Waals surface area contributed by atoms with Crippen LogP contribution in [0.5, 0.6) is 5.88 Å². The first-order chi connectivity index (χ1) is 6.86. The summed E-state index contributed by atoms with van der Waals surface area (Å²) in [6, 6.07) is 3.89. The molecule has 1 aromatic heterocycles. The van der Waals surface area contributed by atoms with Gasteiger partial charge in [0.15, 0.2) is 5.88 Å². The van der Waals surface area contributed by atoms with Crippen LogP contribution in [0.1, 0.15) is 20.3 Å². The number of ether oxygens (including phenoxy) is 1. The molecule has 0 radical (unpaired) electrons. The number of hydrogen-bond acceptors (Lipinski definition) is 2. The van der Waals surface area contributed by atoms with E-state index in [-0.39, 0.29) is 0 Å². The molecule has 0 aliphatic heterocycles. The van der Waals surface area contributed by atoms with Crippen LogP contribution in [0.3, 0.4) is 0 Å². The van der Waals surface area contributed by atoms with Gasteiger partial charge in [0.1, 0.15) is 0 Å². The van der Waals surface area contributed by atoms with Crippen molar-refractivity contribution in [3.05, 3.63) is 18.3 Å². The standard InChI is InChI=1S/C11H20N2O/c1-3-13(4-2)9-6-10-14-11-7-5-8-12-11/h5,7-8,12H,3-4,6,9-10H2,1-2H3. The zero-order valence-corrected chi connectivity index (χ0v) is 9.12. The molecule has 0 aliphatic carbocycles. The summed E-state index contributed by atoms with van der Waals surface area (Å²) in [4.78, 5) is 5.42. The normalized spacial score (nSPS) is 10.8. The highest BCUT2D eigenvalue weighted by molar-refractivity contribution is 5.09. The van der Waals surface area contributed by atoms with E-state index in [9.17, 15) is 0 Å². The van der Waals surface area contributed by atoms with Crippen molar-refractivity contribution >= 4 is 0 Å². The second kappa shape index (κ2) is 6.49. The van der Waals surface area contributed by atoms with E-state index in [4.69, 9.17) is 4.74 Å². The summed E-state index contributed by atoms with van der Waals surface area (Å²) >= 11 is 0. The largest absolute Gasteiger partial charge is 0.479 e. The summed E-state index contributed by atoms with van der Waals surface area (Å²) in [5, 5.41) is 0. The third kappa shape index (κ3) is 3.83. The third-order valence-corrected chi connectivity index (χ3v) is 2.34. The van der Waals surface area contributed by atoms with Crippen LogP contribution >= 0.6 is 0 Å². The molecule has 14 heavy (non-hydrogen) atoms. The van der Waals surface area contributed by atoms with Gasteiger partial charge in [-0.15, -0.1) is 0 Å². The van der Waals surface area contributed by atoms with E-state index < -0.39 is 0 Å². The average Bonchev–Trinajstić information content (AvgIpc) is 2.71. The summed E-state index contributed by atoms with van der Waals surface area (Å²) in [6.07, 6.45) is 2.96.